The molecule has 0 fully saturated rings. The van der Waals surface area contributed by atoms with Gasteiger partial charge in [0.25, 0.3) is 0 Å². The number of hydrogen-bond acceptors (Lipinski definition) is 4. The lowest BCUT2D eigenvalue weighted by Crippen LogP contribution is -2.26. The molecule has 27 heavy (non-hydrogen) atoms. The van der Waals surface area contributed by atoms with Gasteiger partial charge in [-0.25, -0.2) is 4.39 Å². The largest absolute Gasteiger partial charge is 0.491 e. The monoisotopic (exact) mass is 365 g/mol. The van der Waals surface area contributed by atoms with Gasteiger partial charge in [-0.3, -0.25) is 4.79 Å². The van der Waals surface area contributed by atoms with E-state index >= 15 is 0 Å². The summed E-state index contributed by atoms with van der Waals surface area (Å²) in [5, 5.41) is 13.0. The van der Waals surface area contributed by atoms with E-state index in [2.05, 4.69) is 5.32 Å². The lowest BCUT2D eigenvalue weighted by Gasteiger charge is -2.14. The lowest BCUT2D eigenvalue weighted by atomic mass is 10.0. The highest BCUT2D eigenvalue weighted by atomic mass is 19.1. The Kier molecular flexibility index (Phi) is 6.18. The van der Waals surface area contributed by atoms with Gasteiger partial charge in [-0.15, -0.1) is 0 Å². The van der Waals surface area contributed by atoms with Gasteiger partial charge in [0.1, 0.15) is 24.3 Å². The first kappa shape index (κ1) is 18.6. The number of hydrogen-bond donors (Lipinski definition) is 2. The van der Waals surface area contributed by atoms with Crippen molar-refractivity contribution in [1.29, 1.82) is 0 Å². The van der Waals surface area contributed by atoms with Crippen LogP contribution in [0.1, 0.15) is 15.9 Å². The van der Waals surface area contributed by atoms with Crippen molar-refractivity contribution < 1.29 is 19.0 Å². The average molecular weight is 365 g/mol. The summed E-state index contributed by atoms with van der Waals surface area (Å²) in [5.41, 5.74) is 1.93. The number of halogens is 1. The molecule has 0 radical (unpaired) electrons. The molecule has 0 unspecified atom stereocenters. The third-order valence-corrected chi connectivity index (χ3v) is 3.98. The standard InChI is InChI=1S/C22H20FNO3/c23-18-8-10-19(11-9-18)24-14-20(25)15-27-21-12-6-17(7-13-21)22(26)16-4-2-1-3-5-16/h1-13,20,24-25H,14-15H2/t20-/m0/s1. The second kappa shape index (κ2) is 8.96. The molecule has 0 aliphatic carbocycles. The number of ether oxygens (including phenoxy) is 1. The molecule has 0 bridgehead atoms. The van der Waals surface area contributed by atoms with Gasteiger partial charge < -0.3 is 15.2 Å². The minimum absolute atomic E-state index is 0.0503. The van der Waals surface area contributed by atoms with Crippen molar-refractivity contribution in [3.05, 3.63) is 95.8 Å². The zero-order chi connectivity index (χ0) is 19.1. The number of benzene rings is 3. The average Bonchev–Trinajstić information content (AvgIpc) is 2.72. The van der Waals surface area contributed by atoms with Crippen LogP contribution in [0.25, 0.3) is 0 Å². The van der Waals surface area contributed by atoms with Crippen molar-refractivity contribution in [1.82, 2.24) is 0 Å². The first-order valence-electron chi connectivity index (χ1n) is 8.62. The molecule has 4 nitrogen and oxygen atoms in total. The maximum Gasteiger partial charge on any atom is 0.193 e. The van der Waals surface area contributed by atoms with Crippen LogP contribution in [-0.4, -0.2) is 30.1 Å². The minimum atomic E-state index is -0.735. The van der Waals surface area contributed by atoms with Crippen molar-refractivity contribution in [2.24, 2.45) is 0 Å². The molecule has 0 aliphatic heterocycles. The molecule has 0 aromatic heterocycles. The van der Waals surface area contributed by atoms with E-state index in [1.54, 1.807) is 48.5 Å². The van der Waals surface area contributed by atoms with E-state index in [4.69, 9.17) is 4.74 Å². The third-order valence-electron chi connectivity index (χ3n) is 3.98. The number of aliphatic hydroxyl groups is 1. The minimum Gasteiger partial charge on any atom is -0.491 e. The van der Waals surface area contributed by atoms with Gasteiger partial charge in [0.05, 0.1) is 0 Å². The molecule has 0 aliphatic rings. The van der Waals surface area contributed by atoms with Crippen LogP contribution in [0.5, 0.6) is 5.75 Å². The Labute approximate surface area is 157 Å². The SMILES string of the molecule is O=C(c1ccccc1)c1ccc(OC[C@@H](O)CNc2ccc(F)cc2)cc1. The summed E-state index contributed by atoms with van der Waals surface area (Å²) >= 11 is 0. The fourth-order valence-corrected chi connectivity index (χ4v) is 2.51. The molecule has 0 saturated heterocycles. The summed E-state index contributed by atoms with van der Waals surface area (Å²) in [5.74, 6) is 0.213. The van der Waals surface area contributed by atoms with E-state index in [1.807, 2.05) is 18.2 Å². The first-order valence-corrected chi connectivity index (χ1v) is 8.62. The smallest absolute Gasteiger partial charge is 0.193 e. The topological polar surface area (TPSA) is 58.6 Å². The van der Waals surface area contributed by atoms with Crippen LogP contribution in [0.15, 0.2) is 78.9 Å². The number of rotatable bonds is 8. The van der Waals surface area contributed by atoms with Crippen molar-refractivity contribution in [2.75, 3.05) is 18.5 Å². The maximum atomic E-state index is 12.9. The molecule has 1 atom stereocenters. The Hall–Kier alpha value is -3.18. The normalized spacial score (nSPS) is 11.6. The van der Waals surface area contributed by atoms with E-state index in [-0.39, 0.29) is 24.8 Å². The molecule has 0 saturated carbocycles. The molecular formula is C22H20FNO3. The molecule has 0 spiro atoms. The molecule has 138 valence electrons. The van der Waals surface area contributed by atoms with E-state index in [0.29, 0.717) is 16.9 Å². The Balaban J connectivity index is 1.48. The summed E-state index contributed by atoms with van der Waals surface area (Å²) in [7, 11) is 0. The summed E-state index contributed by atoms with van der Waals surface area (Å²) in [4.78, 5) is 12.4. The summed E-state index contributed by atoms with van der Waals surface area (Å²) in [6.45, 7) is 0.371. The second-order valence-corrected chi connectivity index (χ2v) is 6.07. The summed E-state index contributed by atoms with van der Waals surface area (Å²) in [6.07, 6.45) is -0.735. The van der Waals surface area contributed by atoms with Crippen LogP contribution in [0, 0.1) is 5.82 Å². The third kappa shape index (κ3) is 5.39. The molecule has 3 rings (SSSR count). The van der Waals surface area contributed by atoms with Crippen LogP contribution in [0.3, 0.4) is 0 Å². The van der Waals surface area contributed by atoms with Gasteiger partial charge in [-0.2, -0.15) is 0 Å². The van der Waals surface area contributed by atoms with Crippen LogP contribution < -0.4 is 10.1 Å². The van der Waals surface area contributed by atoms with Gasteiger partial charge in [-0.05, 0) is 48.5 Å². The molecule has 2 N–H and O–H groups in total. The number of anilines is 1. The highest BCUT2D eigenvalue weighted by molar-refractivity contribution is 6.08. The molecule has 0 amide bonds. The number of nitrogens with one attached hydrogen (secondary N) is 1. The van der Waals surface area contributed by atoms with E-state index in [0.717, 1.165) is 5.69 Å². The van der Waals surface area contributed by atoms with Crippen molar-refractivity contribution >= 4 is 11.5 Å². The van der Waals surface area contributed by atoms with Crippen molar-refractivity contribution in [2.45, 2.75) is 6.10 Å². The predicted molar refractivity (Wildman–Crippen MR) is 103 cm³/mol. The van der Waals surface area contributed by atoms with Crippen LogP contribution >= 0.6 is 0 Å². The fraction of sp³-hybridized carbons (Fsp3) is 0.136. The molecular weight excluding hydrogens is 345 g/mol. The molecule has 0 heterocycles. The van der Waals surface area contributed by atoms with Crippen molar-refractivity contribution in [3.8, 4) is 5.75 Å². The Bertz CT molecular complexity index is 864. The number of carbonyl (C=O) groups is 1. The molecule has 3 aromatic rings. The summed E-state index contributed by atoms with van der Waals surface area (Å²) < 4.78 is 18.4. The van der Waals surface area contributed by atoms with E-state index in [9.17, 15) is 14.3 Å². The second-order valence-electron chi connectivity index (χ2n) is 6.07. The lowest BCUT2D eigenvalue weighted by molar-refractivity contribution is 0.103. The van der Waals surface area contributed by atoms with E-state index < -0.39 is 6.10 Å². The number of aliphatic hydroxyl groups excluding tert-OH is 1. The van der Waals surface area contributed by atoms with Gasteiger partial charge in [-0.1, -0.05) is 30.3 Å². The zero-order valence-corrected chi connectivity index (χ0v) is 14.6. The van der Waals surface area contributed by atoms with Gasteiger partial charge in [0.15, 0.2) is 5.78 Å². The Morgan fingerprint density at radius 1 is 0.926 bits per heavy atom. The summed E-state index contributed by atoms with van der Waals surface area (Å²) in [6, 6.07) is 21.8. The van der Waals surface area contributed by atoms with E-state index in [1.165, 1.54) is 12.1 Å². The predicted octanol–water partition coefficient (Wildman–Crippen LogP) is 3.91. The van der Waals surface area contributed by atoms with Gasteiger partial charge in [0, 0.05) is 23.4 Å². The Morgan fingerprint density at radius 2 is 1.56 bits per heavy atom. The highest BCUT2D eigenvalue weighted by Gasteiger charge is 2.09. The molecule has 3 aromatic carbocycles. The van der Waals surface area contributed by atoms with Crippen molar-refractivity contribution in [3.63, 3.8) is 0 Å². The zero-order valence-electron chi connectivity index (χ0n) is 14.6. The number of carbonyl (C=O) groups excluding carboxylic acids is 1. The van der Waals surface area contributed by atoms with Gasteiger partial charge >= 0.3 is 0 Å². The quantitative estimate of drug-likeness (QED) is 0.594. The Morgan fingerprint density at radius 3 is 2.22 bits per heavy atom. The van der Waals surface area contributed by atoms with Crippen LogP contribution in [0.2, 0.25) is 0 Å². The fourth-order valence-electron chi connectivity index (χ4n) is 2.51. The van der Waals surface area contributed by atoms with Gasteiger partial charge in [0.2, 0.25) is 0 Å². The highest BCUT2D eigenvalue weighted by Crippen LogP contribution is 2.16. The van der Waals surface area contributed by atoms with Crippen LogP contribution in [0.4, 0.5) is 10.1 Å². The molecule has 5 heteroatoms. The van der Waals surface area contributed by atoms with Crippen LogP contribution in [-0.2, 0) is 0 Å². The first-order chi connectivity index (χ1) is 13.1. The maximum absolute atomic E-state index is 12.9. The number of ketones is 1.